The highest BCUT2D eigenvalue weighted by Gasteiger charge is 2.23. The van der Waals surface area contributed by atoms with E-state index in [0.717, 1.165) is 0 Å². The molecule has 0 spiro atoms. The van der Waals surface area contributed by atoms with Gasteiger partial charge in [-0.25, -0.2) is 4.57 Å². The Morgan fingerprint density at radius 2 is 1.83 bits per heavy atom. The van der Waals surface area contributed by atoms with E-state index in [9.17, 15) is 18.9 Å². The SMILES string of the molecule is CN(C)CCc1cn(CP(=O)(O)O)c2cccc(OP(=O)(O)O)c12. The van der Waals surface area contributed by atoms with Crippen LogP contribution in [-0.2, 0) is 21.8 Å². The minimum atomic E-state index is -4.75. The van der Waals surface area contributed by atoms with Crippen molar-refractivity contribution in [1.29, 1.82) is 0 Å². The highest BCUT2D eigenvalue weighted by Crippen LogP contribution is 2.44. The first-order chi connectivity index (χ1) is 11.0. The molecular weight excluding hydrogens is 358 g/mol. The minimum absolute atomic E-state index is 0.0148. The number of likely N-dealkylation sites (N-methyl/N-ethyl adjacent to an activating group) is 1. The topological polar surface area (TPSA) is 132 Å². The van der Waals surface area contributed by atoms with Gasteiger partial charge in [0.15, 0.2) is 0 Å². The van der Waals surface area contributed by atoms with Gasteiger partial charge in [-0.2, -0.15) is 0 Å². The number of nitrogens with zero attached hydrogens (tertiary/aromatic N) is 2. The summed E-state index contributed by atoms with van der Waals surface area (Å²) < 4.78 is 28.7. The van der Waals surface area contributed by atoms with Crippen molar-refractivity contribution in [3.63, 3.8) is 0 Å². The molecule has 0 bridgehead atoms. The molecule has 0 amide bonds. The number of hydrogen-bond acceptors (Lipinski definition) is 4. The average Bonchev–Trinajstić information content (AvgIpc) is 2.72. The van der Waals surface area contributed by atoms with Crippen LogP contribution < -0.4 is 4.52 Å². The first kappa shape index (κ1) is 19.1. The Labute approximate surface area is 138 Å². The Balaban J connectivity index is 2.59. The molecular formula is C13H20N2O7P2. The first-order valence-electron chi connectivity index (χ1n) is 7.01. The highest BCUT2D eigenvalue weighted by molar-refractivity contribution is 7.50. The van der Waals surface area contributed by atoms with Gasteiger partial charge >= 0.3 is 15.4 Å². The third-order valence-electron chi connectivity index (χ3n) is 3.33. The van der Waals surface area contributed by atoms with E-state index in [1.165, 1.54) is 16.7 Å². The maximum atomic E-state index is 11.3. The molecule has 11 heteroatoms. The molecule has 1 aromatic carbocycles. The fraction of sp³-hybridized carbons (Fsp3) is 0.385. The first-order valence-corrected chi connectivity index (χ1v) is 10.3. The zero-order valence-electron chi connectivity index (χ0n) is 13.2. The van der Waals surface area contributed by atoms with E-state index in [4.69, 9.17) is 14.3 Å². The van der Waals surface area contributed by atoms with E-state index in [0.29, 0.717) is 29.4 Å². The molecule has 0 saturated carbocycles. The maximum Gasteiger partial charge on any atom is 0.524 e. The lowest BCUT2D eigenvalue weighted by molar-refractivity contribution is 0.284. The van der Waals surface area contributed by atoms with Crippen molar-refractivity contribution in [2.45, 2.75) is 12.7 Å². The Kier molecular flexibility index (Phi) is 5.57. The molecule has 2 aromatic rings. The molecule has 9 nitrogen and oxygen atoms in total. The summed E-state index contributed by atoms with van der Waals surface area (Å²) >= 11 is 0. The number of phosphoric ester groups is 1. The van der Waals surface area contributed by atoms with E-state index in [2.05, 4.69) is 0 Å². The molecule has 0 aliphatic heterocycles. The van der Waals surface area contributed by atoms with Crippen molar-refractivity contribution in [3.05, 3.63) is 30.0 Å². The molecule has 24 heavy (non-hydrogen) atoms. The second kappa shape index (κ2) is 6.98. The average molecular weight is 378 g/mol. The Bertz CT molecular complexity index is 821. The summed E-state index contributed by atoms with van der Waals surface area (Å²) in [6.07, 6.45) is 1.59. The number of rotatable bonds is 7. The lowest BCUT2D eigenvalue weighted by Gasteiger charge is -2.11. The quantitative estimate of drug-likeness (QED) is 0.531. The predicted molar refractivity (Wildman–Crippen MR) is 88.9 cm³/mol. The molecule has 0 radical (unpaired) electrons. The van der Waals surface area contributed by atoms with Crippen LogP contribution in [0.15, 0.2) is 24.4 Å². The van der Waals surface area contributed by atoms with Crippen molar-refractivity contribution in [1.82, 2.24) is 9.47 Å². The Morgan fingerprint density at radius 1 is 1.17 bits per heavy atom. The lowest BCUT2D eigenvalue weighted by Crippen LogP contribution is -2.15. The van der Waals surface area contributed by atoms with Crippen molar-refractivity contribution in [2.75, 3.05) is 20.6 Å². The van der Waals surface area contributed by atoms with E-state index < -0.39 is 21.7 Å². The number of benzene rings is 1. The van der Waals surface area contributed by atoms with Crippen molar-refractivity contribution < 1.29 is 33.2 Å². The van der Waals surface area contributed by atoms with Gasteiger partial charge in [-0.3, -0.25) is 14.4 Å². The van der Waals surface area contributed by atoms with E-state index in [1.807, 2.05) is 19.0 Å². The fourth-order valence-corrected chi connectivity index (χ4v) is 3.50. The van der Waals surface area contributed by atoms with Gasteiger partial charge in [0.1, 0.15) is 12.0 Å². The summed E-state index contributed by atoms with van der Waals surface area (Å²) in [6, 6.07) is 4.55. The lowest BCUT2D eigenvalue weighted by atomic mass is 10.1. The molecule has 0 saturated heterocycles. The number of phosphoric acid groups is 1. The Morgan fingerprint density at radius 3 is 2.38 bits per heavy atom. The highest BCUT2D eigenvalue weighted by atomic mass is 31.2. The van der Waals surface area contributed by atoms with Crippen LogP contribution in [0.2, 0.25) is 0 Å². The monoisotopic (exact) mass is 378 g/mol. The van der Waals surface area contributed by atoms with Crippen LogP contribution in [0.1, 0.15) is 5.56 Å². The fourth-order valence-electron chi connectivity index (χ4n) is 2.46. The van der Waals surface area contributed by atoms with Crippen molar-refractivity contribution in [3.8, 4) is 5.75 Å². The van der Waals surface area contributed by atoms with Crippen molar-refractivity contribution in [2.24, 2.45) is 0 Å². The van der Waals surface area contributed by atoms with E-state index >= 15 is 0 Å². The zero-order chi connectivity index (χ0) is 18.1. The van der Waals surface area contributed by atoms with E-state index in [-0.39, 0.29) is 5.75 Å². The van der Waals surface area contributed by atoms with Crippen LogP contribution in [-0.4, -0.2) is 49.7 Å². The molecule has 134 valence electrons. The van der Waals surface area contributed by atoms with Gasteiger partial charge in [0, 0.05) is 18.1 Å². The summed E-state index contributed by atoms with van der Waals surface area (Å²) in [7, 11) is -5.32. The second-order valence-corrected chi connectivity index (χ2v) is 8.49. The summed E-state index contributed by atoms with van der Waals surface area (Å²) in [5, 5.41) is 0.441. The zero-order valence-corrected chi connectivity index (χ0v) is 15.0. The smallest absolute Gasteiger partial charge is 0.404 e. The number of fused-ring (bicyclic) bond motifs is 1. The summed E-state index contributed by atoms with van der Waals surface area (Å²) in [4.78, 5) is 38.6. The van der Waals surface area contributed by atoms with Crippen LogP contribution in [0.5, 0.6) is 5.75 Å². The molecule has 4 N–H and O–H groups in total. The van der Waals surface area contributed by atoms with Gasteiger partial charge in [-0.15, -0.1) is 0 Å². The molecule has 0 fully saturated rings. The normalized spacial score (nSPS) is 13.0. The molecule has 2 rings (SSSR count). The van der Waals surface area contributed by atoms with Gasteiger partial charge < -0.3 is 23.8 Å². The van der Waals surface area contributed by atoms with Crippen LogP contribution in [0.25, 0.3) is 10.9 Å². The van der Waals surface area contributed by atoms with Crippen LogP contribution >= 0.6 is 15.4 Å². The van der Waals surface area contributed by atoms with Crippen LogP contribution in [0.4, 0.5) is 0 Å². The third kappa shape index (κ3) is 5.16. The van der Waals surface area contributed by atoms with Gasteiger partial charge in [-0.1, -0.05) is 6.07 Å². The van der Waals surface area contributed by atoms with Gasteiger partial charge in [-0.05, 0) is 38.2 Å². The maximum absolute atomic E-state index is 11.3. The largest absolute Gasteiger partial charge is 0.524 e. The van der Waals surface area contributed by atoms with Crippen LogP contribution in [0, 0.1) is 0 Å². The summed E-state index contributed by atoms with van der Waals surface area (Å²) in [6.45, 7) is 0.652. The van der Waals surface area contributed by atoms with Gasteiger partial charge in [0.2, 0.25) is 0 Å². The predicted octanol–water partition coefficient (Wildman–Crippen LogP) is 1.35. The van der Waals surface area contributed by atoms with Gasteiger partial charge in [0.25, 0.3) is 0 Å². The standard InChI is InChI=1S/C13H20N2O7P2/c1-14(2)7-6-10-8-15(9-23(16,17)18)11-4-3-5-12(13(10)11)22-24(19,20)21/h3-5,8H,6-7,9H2,1-2H3,(H2,16,17,18)(H2,19,20,21). The molecule has 1 heterocycles. The molecule has 0 atom stereocenters. The molecule has 0 aliphatic carbocycles. The molecule has 0 unspecified atom stereocenters. The number of aromatic nitrogens is 1. The summed E-state index contributed by atoms with van der Waals surface area (Å²) in [5.74, 6) is -0.0148. The Hall–Kier alpha value is -1.18. The molecule has 1 aromatic heterocycles. The summed E-state index contributed by atoms with van der Waals surface area (Å²) in [5.41, 5.74) is 1.13. The van der Waals surface area contributed by atoms with Crippen LogP contribution in [0.3, 0.4) is 0 Å². The van der Waals surface area contributed by atoms with Crippen molar-refractivity contribution >= 4 is 26.3 Å². The molecule has 0 aliphatic rings. The van der Waals surface area contributed by atoms with Gasteiger partial charge in [0.05, 0.1) is 5.52 Å². The number of hydrogen-bond donors (Lipinski definition) is 4. The minimum Gasteiger partial charge on any atom is -0.404 e. The third-order valence-corrected chi connectivity index (χ3v) is 4.44. The second-order valence-electron chi connectivity index (χ2n) is 5.72. The van der Waals surface area contributed by atoms with E-state index in [1.54, 1.807) is 12.3 Å².